The van der Waals surface area contributed by atoms with Crippen molar-refractivity contribution in [1.29, 1.82) is 0 Å². The van der Waals surface area contributed by atoms with Crippen LogP contribution in [0.5, 0.6) is 0 Å². The van der Waals surface area contributed by atoms with Gasteiger partial charge >= 0.3 is 5.97 Å². The third-order valence-electron chi connectivity index (χ3n) is 7.05. The molecule has 7 nitrogen and oxygen atoms in total. The molecule has 9 heteroatoms. The largest absolute Gasteiger partial charge is 0.481 e. The average Bonchev–Trinajstić information content (AvgIpc) is 2.88. The maximum Gasteiger partial charge on any atom is 0.307 e. The minimum Gasteiger partial charge on any atom is -0.481 e. The molecule has 2 aromatic carbocycles. The van der Waals surface area contributed by atoms with Gasteiger partial charge in [0.25, 0.3) is 0 Å². The number of rotatable bonds is 4. The maximum absolute atomic E-state index is 13.2. The molecule has 2 aliphatic rings. The third kappa shape index (κ3) is 4.86. The normalized spacial score (nSPS) is 20.7. The van der Waals surface area contributed by atoms with Crippen LogP contribution in [0.15, 0.2) is 46.9 Å². The zero-order valence-corrected chi connectivity index (χ0v) is 21.5. The highest BCUT2D eigenvalue weighted by atomic mass is 79.9. The van der Waals surface area contributed by atoms with Crippen molar-refractivity contribution in [2.75, 3.05) is 31.1 Å². The Labute approximate surface area is 217 Å². The van der Waals surface area contributed by atoms with Crippen LogP contribution in [-0.2, 0) is 9.59 Å². The number of halogens is 2. The van der Waals surface area contributed by atoms with Crippen LogP contribution in [0.3, 0.4) is 0 Å². The highest BCUT2D eigenvalue weighted by molar-refractivity contribution is 9.10. The van der Waals surface area contributed by atoms with Crippen LogP contribution in [-0.4, -0.2) is 58.0 Å². The number of nitrogens with zero attached hydrogens (tertiary/aromatic N) is 4. The van der Waals surface area contributed by atoms with E-state index in [-0.39, 0.29) is 5.91 Å². The van der Waals surface area contributed by atoms with Gasteiger partial charge < -0.3 is 14.9 Å². The number of anilines is 1. The minimum atomic E-state index is -0.856. The van der Waals surface area contributed by atoms with Crippen molar-refractivity contribution in [2.45, 2.75) is 25.7 Å². The lowest BCUT2D eigenvalue weighted by Gasteiger charge is -2.38. The monoisotopic (exact) mass is 556 g/mol. The molecule has 0 bridgehead atoms. The predicted octanol–water partition coefficient (Wildman–Crippen LogP) is 5.25. The zero-order chi connectivity index (χ0) is 24.5. The Morgan fingerprint density at radius 3 is 2.40 bits per heavy atom. The maximum atomic E-state index is 13.2. The molecule has 2 atom stereocenters. The second-order valence-corrected chi connectivity index (χ2v) is 10.5. The second kappa shape index (κ2) is 10.1. The fourth-order valence-corrected chi connectivity index (χ4v) is 5.76. The lowest BCUT2D eigenvalue weighted by atomic mass is 9.78. The number of carbonyl (C=O) groups is 2. The molecule has 2 heterocycles. The molecular weight excluding hydrogens is 532 g/mol. The standard InChI is InChI=1S/C26H26BrClN4O3/c27-16-9-10-22-20(15-16)23(19-7-3-4-8-21(19)28)30-26(29-22)32-13-11-31(12-14-32)24(33)17-5-1-2-6-18(17)25(34)35/h3-4,7-10,15,17-18H,1-2,5-6,11-14H2,(H,34,35)/t17-,18+/m0/s1. The van der Waals surface area contributed by atoms with E-state index in [4.69, 9.17) is 21.6 Å². The van der Waals surface area contributed by atoms with E-state index < -0.39 is 17.8 Å². The number of hydrogen-bond donors (Lipinski definition) is 1. The molecule has 0 unspecified atom stereocenters. The van der Waals surface area contributed by atoms with Crippen LogP contribution >= 0.6 is 27.5 Å². The fourth-order valence-electron chi connectivity index (χ4n) is 5.17. The molecule has 0 radical (unpaired) electrons. The molecule has 1 N–H and O–H groups in total. The lowest BCUT2D eigenvalue weighted by Crippen LogP contribution is -2.52. The number of aliphatic carboxylic acids is 1. The molecule has 1 amide bonds. The molecule has 182 valence electrons. The van der Waals surface area contributed by atoms with E-state index in [1.807, 2.05) is 47.4 Å². The van der Waals surface area contributed by atoms with Gasteiger partial charge in [0, 0.05) is 46.6 Å². The van der Waals surface area contributed by atoms with Crippen molar-refractivity contribution >= 4 is 56.3 Å². The van der Waals surface area contributed by atoms with Gasteiger partial charge in [-0.1, -0.05) is 58.6 Å². The summed E-state index contributed by atoms with van der Waals surface area (Å²) in [6.45, 7) is 2.20. The number of carbonyl (C=O) groups excluding carboxylic acids is 1. The molecule has 1 aliphatic carbocycles. The third-order valence-corrected chi connectivity index (χ3v) is 7.87. The van der Waals surface area contributed by atoms with E-state index in [1.165, 1.54) is 0 Å². The topological polar surface area (TPSA) is 86.6 Å². The van der Waals surface area contributed by atoms with Crippen molar-refractivity contribution in [3.63, 3.8) is 0 Å². The van der Waals surface area contributed by atoms with Crippen LogP contribution < -0.4 is 4.90 Å². The highest BCUT2D eigenvalue weighted by Gasteiger charge is 2.38. The van der Waals surface area contributed by atoms with Gasteiger partial charge in [0.05, 0.1) is 23.0 Å². The van der Waals surface area contributed by atoms with Gasteiger partial charge in [0.2, 0.25) is 11.9 Å². The number of fused-ring (bicyclic) bond motifs is 1. The quantitative estimate of drug-likeness (QED) is 0.471. The number of hydrogen-bond acceptors (Lipinski definition) is 5. The van der Waals surface area contributed by atoms with Gasteiger partial charge in [0.15, 0.2) is 0 Å². The average molecular weight is 558 g/mol. The first-order valence-electron chi connectivity index (χ1n) is 11.9. The van der Waals surface area contributed by atoms with E-state index in [9.17, 15) is 14.7 Å². The minimum absolute atomic E-state index is 0.0298. The number of carboxylic acids is 1. The van der Waals surface area contributed by atoms with Crippen LogP contribution in [0.25, 0.3) is 22.2 Å². The molecule has 2 fully saturated rings. The van der Waals surface area contributed by atoms with Crippen molar-refractivity contribution < 1.29 is 14.7 Å². The Hall–Kier alpha value is -2.71. The van der Waals surface area contributed by atoms with Gasteiger partial charge in [-0.2, -0.15) is 0 Å². The molecule has 5 rings (SSSR count). The first-order chi connectivity index (χ1) is 16.9. The first kappa shape index (κ1) is 24.0. The number of aromatic nitrogens is 2. The van der Waals surface area contributed by atoms with E-state index in [0.717, 1.165) is 39.5 Å². The summed E-state index contributed by atoms with van der Waals surface area (Å²) in [6.07, 6.45) is 3.02. The smallest absolute Gasteiger partial charge is 0.307 e. The van der Waals surface area contributed by atoms with Crippen molar-refractivity contribution in [1.82, 2.24) is 14.9 Å². The fraction of sp³-hybridized carbons (Fsp3) is 0.385. The zero-order valence-electron chi connectivity index (χ0n) is 19.2. The SMILES string of the molecule is O=C(O)[C@@H]1CCCC[C@@H]1C(=O)N1CCN(c2nc(-c3ccccc3Cl)c3cc(Br)ccc3n2)CC1. The summed E-state index contributed by atoms with van der Waals surface area (Å²) in [4.78, 5) is 38.5. The Morgan fingerprint density at radius 1 is 0.971 bits per heavy atom. The van der Waals surface area contributed by atoms with E-state index in [0.29, 0.717) is 50.0 Å². The van der Waals surface area contributed by atoms with Gasteiger partial charge in [-0.15, -0.1) is 0 Å². The summed E-state index contributed by atoms with van der Waals surface area (Å²) < 4.78 is 0.934. The summed E-state index contributed by atoms with van der Waals surface area (Å²) in [5.74, 6) is -1.28. The molecule has 1 saturated heterocycles. The van der Waals surface area contributed by atoms with E-state index in [2.05, 4.69) is 20.8 Å². The first-order valence-corrected chi connectivity index (χ1v) is 13.1. The Bertz CT molecular complexity index is 1280. The lowest BCUT2D eigenvalue weighted by molar-refractivity contribution is -0.152. The van der Waals surface area contributed by atoms with Crippen LogP contribution in [0.1, 0.15) is 25.7 Å². The van der Waals surface area contributed by atoms with Crippen molar-refractivity contribution in [3.05, 3.63) is 52.0 Å². The number of carboxylic acid groups (broad SMARTS) is 1. The summed E-state index contributed by atoms with van der Waals surface area (Å²) in [6, 6.07) is 13.5. The van der Waals surface area contributed by atoms with E-state index in [1.54, 1.807) is 0 Å². The molecule has 1 saturated carbocycles. The van der Waals surface area contributed by atoms with E-state index >= 15 is 0 Å². The van der Waals surface area contributed by atoms with Gasteiger partial charge in [-0.3, -0.25) is 9.59 Å². The summed E-state index contributed by atoms with van der Waals surface area (Å²) in [5.41, 5.74) is 2.42. The number of amides is 1. The predicted molar refractivity (Wildman–Crippen MR) is 140 cm³/mol. The number of piperazine rings is 1. The van der Waals surface area contributed by atoms with Crippen molar-refractivity contribution in [2.24, 2.45) is 11.8 Å². The molecular formula is C26H26BrClN4O3. The van der Waals surface area contributed by atoms with Gasteiger partial charge in [-0.05, 0) is 37.1 Å². The second-order valence-electron chi connectivity index (χ2n) is 9.16. The molecule has 1 aliphatic heterocycles. The van der Waals surface area contributed by atoms with Crippen LogP contribution in [0.4, 0.5) is 5.95 Å². The Morgan fingerprint density at radius 2 is 1.69 bits per heavy atom. The molecule has 35 heavy (non-hydrogen) atoms. The summed E-state index contributed by atoms with van der Waals surface area (Å²) in [5, 5.41) is 11.1. The summed E-state index contributed by atoms with van der Waals surface area (Å²) in [7, 11) is 0. The van der Waals surface area contributed by atoms with Crippen LogP contribution in [0.2, 0.25) is 5.02 Å². The summed E-state index contributed by atoms with van der Waals surface area (Å²) >= 11 is 10.1. The molecule has 1 aromatic heterocycles. The Kier molecular flexibility index (Phi) is 6.93. The molecule has 3 aromatic rings. The van der Waals surface area contributed by atoms with Gasteiger partial charge in [0.1, 0.15) is 0 Å². The van der Waals surface area contributed by atoms with Gasteiger partial charge in [-0.25, -0.2) is 9.97 Å². The van der Waals surface area contributed by atoms with Crippen LogP contribution in [0, 0.1) is 11.8 Å². The Balaban J connectivity index is 1.39. The number of benzene rings is 2. The highest BCUT2D eigenvalue weighted by Crippen LogP contribution is 2.35. The van der Waals surface area contributed by atoms with Crippen molar-refractivity contribution in [3.8, 4) is 11.3 Å². The molecule has 0 spiro atoms.